The van der Waals surface area contributed by atoms with E-state index < -0.39 is 0 Å². The van der Waals surface area contributed by atoms with Crippen LogP contribution in [0.25, 0.3) is 0 Å². The van der Waals surface area contributed by atoms with Crippen molar-refractivity contribution in [2.24, 2.45) is 5.92 Å². The van der Waals surface area contributed by atoms with Crippen LogP contribution in [0.15, 0.2) is 0 Å². The summed E-state index contributed by atoms with van der Waals surface area (Å²) in [6.45, 7) is 10.0. The van der Waals surface area contributed by atoms with E-state index in [1.54, 1.807) is 0 Å². The van der Waals surface area contributed by atoms with Crippen LogP contribution in [0.3, 0.4) is 0 Å². The van der Waals surface area contributed by atoms with Crippen molar-refractivity contribution in [1.82, 2.24) is 9.80 Å². The predicted molar refractivity (Wildman–Crippen MR) is 57.4 cm³/mol. The minimum absolute atomic E-state index is 0.619. The molecule has 3 nitrogen and oxygen atoms in total. The SMILES string of the molecule is C[C@@H]1CN(C)C[C@H]2COCCN2[C@@H]1C. The highest BCUT2D eigenvalue weighted by Gasteiger charge is 2.33. The summed E-state index contributed by atoms with van der Waals surface area (Å²) in [7, 11) is 2.22. The minimum Gasteiger partial charge on any atom is -0.378 e. The minimum atomic E-state index is 0.619. The van der Waals surface area contributed by atoms with Crippen LogP contribution in [0.5, 0.6) is 0 Å². The number of nitrogens with zero attached hydrogens (tertiary/aromatic N) is 2. The Morgan fingerprint density at radius 1 is 1.21 bits per heavy atom. The van der Waals surface area contributed by atoms with E-state index in [0.717, 1.165) is 32.2 Å². The zero-order chi connectivity index (χ0) is 10.1. The van der Waals surface area contributed by atoms with E-state index in [9.17, 15) is 0 Å². The number of morpholine rings is 1. The van der Waals surface area contributed by atoms with Crippen molar-refractivity contribution in [3.05, 3.63) is 0 Å². The summed E-state index contributed by atoms with van der Waals surface area (Å²) >= 11 is 0. The number of ether oxygens (including phenoxy) is 1. The fourth-order valence-corrected chi connectivity index (χ4v) is 2.77. The quantitative estimate of drug-likeness (QED) is 0.568. The van der Waals surface area contributed by atoms with E-state index in [-0.39, 0.29) is 0 Å². The molecule has 0 amide bonds. The van der Waals surface area contributed by atoms with E-state index in [1.807, 2.05) is 0 Å². The highest BCUT2D eigenvalue weighted by molar-refractivity contribution is 4.88. The van der Waals surface area contributed by atoms with Crippen LogP contribution < -0.4 is 0 Å². The van der Waals surface area contributed by atoms with Gasteiger partial charge in [0.25, 0.3) is 0 Å². The number of fused-ring (bicyclic) bond motifs is 1. The van der Waals surface area contributed by atoms with E-state index in [1.165, 1.54) is 6.54 Å². The van der Waals surface area contributed by atoms with Crippen LogP contribution in [-0.2, 0) is 4.74 Å². The van der Waals surface area contributed by atoms with Gasteiger partial charge in [-0.2, -0.15) is 0 Å². The highest BCUT2D eigenvalue weighted by atomic mass is 16.5. The van der Waals surface area contributed by atoms with Crippen molar-refractivity contribution < 1.29 is 4.74 Å². The third-order valence-electron chi connectivity index (χ3n) is 3.74. The molecule has 3 heteroatoms. The molecule has 2 heterocycles. The van der Waals surface area contributed by atoms with Crippen LogP contribution in [0, 0.1) is 5.92 Å². The Morgan fingerprint density at radius 3 is 2.79 bits per heavy atom. The Labute approximate surface area is 87.0 Å². The van der Waals surface area contributed by atoms with Crippen LogP contribution in [0.4, 0.5) is 0 Å². The molecule has 2 fully saturated rings. The van der Waals surface area contributed by atoms with Crippen LogP contribution in [-0.4, -0.2) is 61.8 Å². The third-order valence-corrected chi connectivity index (χ3v) is 3.74. The molecule has 14 heavy (non-hydrogen) atoms. The van der Waals surface area contributed by atoms with Gasteiger partial charge in [0.15, 0.2) is 0 Å². The van der Waals surface area contributed by atoms with Gasteiger partial charge in [-0.05, 0) is 19.9 Å². The summed E-state index contributed by atoms with van der Waals surface area (Å²) in [6, 6.07) is 1.32. The molecule has 0 aliphatic carbocycles. The van der Waals surface area contributed by atoms with E-state index >= 15 is 0 Å². The van der Waals surface area contributed by atoms with E-state index in [0.29, 0.717) is 12.1 Å². The predicted octanol–water partition coefficient (Wildman–Crippen LogP) is 0.657. The summed E-state index contributed by atoms with van der Waals surface area (Å²) in [5.41, 5.74) is 0. The number of hydrogen-bond donors (Lipinski definition) is 0. The second-order valence-electron chi connectivity index (χ2n) is 4.91. The smallest absolute Gasteiger partial charge is 0.0635 e. The van der Waals surface area contributed by atoms with Crippen molar-refractivity contribution >= 4 is 0 Å². The van der Waals surface area contributed by atoms with Crippen LogP contribution in [0.1, 0.15) is 13.8 Å². The first-order valence-electron chi connectivity index (χ1n) is 5.70. The molecule has 0 unspecified atom stereocenters. The summed E-state index contributed by atoms with van der Waals surface area (Å²) in [5, 5.41) is 0. The lowest BCUT2D eigenvalue weighted by molar-refractivity contribution is -0.0286. The van der Waals surface area contributed by atoms with Gasteiger partial charge in [0, 0.05) is 31.7 Å². The molecular weight excluding hydrogens is 176 g/mol. The van der Waals surface area contributed by atoms with E-state index in [2.05, 4.69) is 30.7 Å². The van der Waals surface area contributed by atoms with Crippen molar-refractivity contribution in [1.29, 1.82) is 0 Å². The van der Waals surface area contributed by atoms with Gasteiger partial charge in [0.05, 0.1) is 13.2 Å². The lowest BCUT2D eigenvalue weighted by atomic mass is 10.0. The number of hydrogen-bond acceptors (Lipinski definition) is 3. The summed E-state index contributed by atoms with van der Waals surface area (Å²) in [6.07, 6.45) is 0. The zero-order valence-electron chi connectivity index (χ0n) is 9.57. The molecule has 2 aliphatic rings. The average molecular weight is 198 g/mol. The zero-order valence-corrected chi connectivity index (χ0v) is 9.57. The Morgan fingerprint density at radius 2 is 2.00 bits per heavy atom. The standard InChI is InChI=1S/C11H22N2O/c1-9-6-12(3)7-11-8-14-5-4-13(11)10(9)2/h9-11H,4-8H2,1-3H3/t9-,10-,11+/m1/s1. The largest absolute Gasteiger partial charge is 0.378 e. The van der Waals surface area contributed by atoms with Gasteiger partial charge in [-0.1, -0.05) is 6.92 Å². The van der Waals surface area contributed by atoms with E-state index in [4.69, 9.17) is 4.74 Å². The third kappa shape index (κ3) is 1.95. The topological polar surface area (TPSA) is 15.7 Å². The summed E-state index contributed by atoms with van der Waals surface area (Å²) < 4.78 is 5.56. The van der Waals surface area contributed by atoms with Gasteiger partial charge in [-0.15, -0.1) is 0 Å². The Bertz CT molecular complexity index is 198. The second kappa shape index (κ2) is 4.17. The lowest BCUT2D eigenvalue weighted by Crippen LogP contribution is -2.52. The maximum Gasteiger partial charge on any atom is 0.0635 e. The molecule has 0 aromatic carbocycles. The van der Waals surface area contributed by atoms with Gasteiger partial charge in [0.2, 0.25) is 0 Å². The first kappa shape index (κ1) is 10.4. The monoisotopic (exact) mass is 198 g/mol. The normalized spacial score (nSPS) is 41.8. The molecular formula is C11H22N2O. The molecule has 2 saturated heterocycles. The molecule has 0 aromatic rings. The maximum absolute atomic E-state index is 5.56. The Kier molecular flexibility index (Phi) is 3.10. The first-order valence-corrected chi connectivity index (χ1v) is 5.70. The molecule has 0 saturated carbocycles. The number of likely N-dealkylation sites (N-methyl/N-ethyl adjacent to an activating group) is 1. The summed E-state index contributed by atoms with van der Waals surface area (Å²) in [4.78, 5) is 5.08. The lowest BCUT2D eigenvalue weighted by Gasteiger charge is -2.39. The Hall–Kier alpha value is -0.120. The van der Waals surface area contributed by atoms with Crippen LogP contribution in [0.2, 0.25) is 0 Å². The van der Waals surface area contributed by atoms with Crippen molar-refractivity contribution in [3.63, 3.8) is 0 Å². The Balaban J connectivity index is 2.10. The molecule has 0 aromatic heterocycles. The molecule has 2 rings (SSSR count). The van der Waals surface area contributed by atoms with Crippen molar-refractivity contribution in [2.75, 3.05) is 39.9 Å². The van der Waals surface area contributed by atoms with Gasteiger partial charge in [-0.3, -0.25) is 4.90 Å². The maximum atomic E-state index is 5.56. The average Bonchev–Trinajstić information content (AvgIpc) is 2.26. The molecule has 3 atom stereocenters. The van der Waals surface area contributed by atoms with Crippen molar-refractivity contribution in [2.45, 2.75) is 25.9 Å². The van der Waals surface area contributed by atoms with Gasteiger partial charge in [0.1, 0.15) is 0 Å². The highest BCUT2D eigenvalue weighted by Crippen LogP contribution is 2.22. The molecule has 0 bridgehead atoms. The van der Waals surface area contributed by atoms with Gasteiger partial charge < -0.3 is 9.64 Å². The fourth-order valence-electron chi connectivity index (χ4n) is 2.77. The first-order chi connectivity index (χ1) is 6.68. The van der Waals surface area contributed by atoms with Gasteiger partial charge >= 0.3 is 0 Å². The van der Waals surface area contributed by atoms with Crippen molar-refractivity contribution in [3.8, 4) is 0 Å². The fraction of sp³-hybridized carbons (Fsp3) is 1.00. The number of rotatable bonds is 0. The van der Waals surface area contributed by atoms with Crippen LogP contribution >= 0.6 is 0 Å². The molecule has 2 aliphatic heterocycles. The van der Waals surface area contributed by atoms with Gasteiger partial charge in [-0.25, -0.2) is 0 Å². The molecule has 0 spiro atoms. The molecule has 0 radical (unpaired) electrons. The second-order valence-corrected chi connectivity index (χ2v) is 4.91. The molecule has 82 valence electrons. The summed E-state index contributed by atoms with van der Waals surface area (Å²) in [5.74, 6) is 0.767. The molecule has 0 N–H and O–H groups in total.